The van der Waals surface area contributed by atoms with Gasteiger partial charge < -0.3 is 4.74 Å². The first-order valence-electron chi connectivity index (χ1n) is 6.45. The van der Waals surface area contributed by atoms with E-state index in [-0.39, 0.29) is 6.04 Å². The van der Waals surface area contributed by atoms with Crippen LogP contribution in [0.15, 0.2) is 24.3 Å². The molecule has 1 N–H and O–H groups in total. The molecule has 110 valence electrons. The van der Waals surface area contributed by atoms with Crippen LogP contribution in [0.2, 0.25) is 0 Å². The molecule has 1 aromatic carbocycles. The number of rotatable bonds is 5. The highest BCUT2D eigenvalue weighted by molar-refractivity contribution is 7.92. The normalized spacial score (nSPS) is 14.7. The summed E-state index contributed by atoms with van der Waals surface area (Å²) < 4.78 is 29.8. The van der Waals surface area contributed by atoms with Crippen LogP contribution in [0.1, 0.15) is 19.8 Å². The predicted octanol–water partition coefficient (Wildman–Crippen LogP) is 2.18. The predicted molar refractivity (Wildman–Crippen MR) is 77.4 cm³/mol. The van der Waals surface area contributed by atoms with Crippen LogP contribution in [0.25, 0.3) is 0 Å². The van der Waals surface area contributed by atoms with Crippen molar-refractivity contribution in [3.8, 4) is 0 Å². The van der Waals surface area contributed by atoms with Crippen molar-refractivity contribution in [1.82, 2.24) is 0 Å². The minimum Gasteiger partial charge on any atom is -0.450 e. The first-order valence-corrected chi connectivity index (χ1v) is 8.30. The van der Waals surface area contributed by atoms with E-state index in [2.05, 4.69) is 5.32 Å². The Hall–Kier alpha value is -1.76. The van der Waals surface area contributed by atoms with Gasteiger partial charge in [0.05, 0.1) is 18.6 Å². The van der Waals surface area contributed by atoms with E-state index in [0.717, 1.165) is 12.8 Å². The minimum absolute atomic E-state index is 0.0638. The Morgan fingerprint density at radius 1 is 1.35 bits per heavy atom. The first kappa shape index (κ1) is 14.6. The van der Waals surface area contributed by atoms with Crippen LogP contribution in [0.4, 0.5) is 16.2 Å². The number of benzene rings is 1. The lowest BCUT2D eigenvalue weighted by Crippen LogP contribution is -2.31. The quantitative estimate of drug-likeness (QED) is 0.904. The van der Waals surface area contributed by atoms with Gasteiger partial charge in [-0.25, -0.2) is 13.2 Å². The molecule has 0 heterocycles. The van der Waals surface area contributed by atoms with Gasteiger partial charge in [-0.05, 0) is 44.0 Å². The monoisotopic (exact) mass is 298 g/mol. The van der Waals surface area contributed by atoms with Gasteiger partial charge in [0.25, 0.3) is 0 Å². The highest BCUT2D eigenvalue weighted by atomic mass is 32.2. The van der Waals surface area contributed by atoms with Crippen molar-refractivity contribution in [3.05, 3.63) is 24.3 Å². The van der Waals surface area contributed by atoms with Crippen molar-refractivity contribution in [2.24, 2.45) is 0 Å². The summed E-state index contributed by atoms with van der Waals surface area (Å²) in [6.45, 7) is 2.02. The molecule has 1 saturated carbocycles. The average molecular weight is 298 g/mol. The molecular weight excluding hydrogens is 280 g/mol. The number of sulfonamides is 1. The third kappa shape index (κ3) is 3.63. The van der Waals surface area contributed by atoms with Crippen LogP contribution in [0, 0.1) is 0 Å². The Kier molecular flexibility index (Phi) is 4.17. The number of hydrogen-bond donors (Lipinski definition) is 1. The fourth-order valence-corrected chi connectivity index (χ4v) is 3.22. The Morgan fingerprint density at radius 2 is 1.95 bits per heavy atom. The van der Waals surface area contributed by atoms with E-state index in [1.54, 1.807) is 31.2 Å². The van der Waals surface area contributed by atoms with Gasteiger partial charge in [-0.15, -0.1) is 0 Å². The molecule has 0 radical (unpaired) electrons. The van der Waals surface area contributed by atoms with Gasteiger partial charge in [-0.1, -0.05) is 0 Å². The fraction of sp³-hybridized carbons (Fsp3) is 0.462. The van der Waals surface area contributed by atoms with Gasteiger partial charge in [-0.2, -0.15) is 0 Å². The van der Waals surface area contributed by atoms with Gasteiger partial charge in [0.15, 0.2) is 0 Å². The molecule has 0 bridgehead atoms. The maximum Gasteiger partial charge on any atom is 0.411 e. The van der Waals surface area contributed by atoms with Crippen LogP contribution in [0.5, 0.6) is 0 Å². The summed E-state index contributed by atoms with van der Waals surface area (Å²) in [5.41, 5.74) is 1.18. The summed E-state index contributed by atoms with van der Waals surface area (Å²) in [5, 5.41) is 2.56. The Balaban J connectivity index is 2.12. The molecule has 2 rings (SSSR count). The maximum absolute atomic E-state index is 11.8. The standard InChI is InChI=1S/C13H18N2O4S/c1-3-19-13(16)14-10-4-6-11(7-5-10)15(12-8-9-12)20(2,17)18/h4-7,12H,3,8-9H2,1-2H3,(H,14,16). The number of carbonyl (C=O) groups is 1. The van der Waals surface area contributed by atoms with E-state index in [0.29, 0.717) is 18.0 Å². The average Bonchev–Trinajstić information content (AvgIpc) is 3.14. The summed E-state index contributed by atoms with van der Waals surface area (Å²) in [5.74, 6) is 0. The highest BCUT2D eigenvalue weighted by Gasteiger charge is 2.35. The van der Waals surface area contributed by atoms with E-state index in [1.807, 2.05) is 0 Å². The molecule has 0 saturated heterocycles. The number of hydrogen-bond acceptors (Lipinski definition) is 4. The second-order valence-electron chi connectivity index (χ2n) is 4.68. The Labute approximate surface area is 118 Å². The minimum atomic E-state index is -3.28. The summed E-state index contributed by atoms with van der Waals surface area (Å²) in [6.07, 6.45) is 2.45. The molecule has 0 aromatic heterocycles. The maximum atomic E-state index is 11.8. The number of anilines is 2. The SMILES string of the molecule is CCOC(=O)Nc1ccc(N(C2CC2)S(C)(=O)=O)cc1. The third-order valence-electron chi connectivity index (χ3n) is 2.88. The molecule has 20 heavy (non-hydrogen) atoms. The summed E-state index contributed by atoms with van der Waals surface area (Å²) >= 11 is 0. The van der Waals surface area contributed by atoms with Gasteiger partial charge in [0.2, 0.25) is 10.0 Å². The zero-order valence-electron chi connectivity index (χ0n) is 11.5. The molecule has 1 aromatic rings. The molecule has 0 atom stereocenters. The van der Waals surface area contributed by atoms with E-state index in [1.165, 1.54) is 10.6 Å². The highest BCUT2D eigenvalue weighted by Crippen LogP contribution is 2.34. The lowest BCUT2D eigenvalue weighted by Gasteiger charge is -2.22. The second-order valence-corrected chi connectivity index (χ2v) is 6.54. The largest absolute Gasteiger partial charge is 0.450 e. The molecule has 0 spiro atoms. The molecule has 1 aliphatic carbocycles. The Bertz CT molecular complexity index is 579. The topological polar surface area (TPSA) is 75.7 Å². The fourth-order valence-electron chi connectivity index (χ4n) is 1.96. The van der Waals surface area contributed by atoms with Crippen molar-refractivity contribution in [3.63, 3.8) is 0 Å². The van der Waals surface area contributed by atoms with Crippen molar-refractivity contribution in [2.45, 2.75) is 25.8 Å². The van der Waals surface area contributed by atoms with E-state index in [9.17, 15) is 13.2 Å². The lowest BCUT2D eigenvalue weighted by atomic mass is 10.3. The van der Waals surface area contributed by atoms with Crippen molar-refractivity contribution >= 4 is 27.5 Å². The number of nitrogens with zero attached hydrogens (tertiary/aromatic N) is 1. The zero-order valence-corrected chi connectivity index (χ0v) is 12.3. The zero-order chi connectivity index (χ0) is 14.8. The summed E-state index contributed by atoms with van der Waals surface area (Å²) in [6, 6.07) is 6.75. The van der Waals surface area contributed by atoms with Gasteiger partial charge in [0.1, 0.15) is 0 Å². The van der Waals surface area contributed by atoms with Crippen LogP contribution in [-0.2, 0) is 14.8 Å². The van der Waals surface area contributed by atoms with Crippen molar-refractivity contribution < 1.29 is 17.9 Å². The molecule has 1 fully saturated rings. The lowest BCUT2D eigenvalue weighted by molar-refractivity contribution is 0.168. The molecular formula is C13H18N2O4S. The van der Waals surface area contributed by atoms with Crippen molar-refractivity contribution in [2.75, 3.05) is 22.5 Å². The van der Waals surface area contributed by atoms with Gasteiger partial charge in [-0.3, -0.25) is 9.62 Å². The smallest absolute Gasteiger partial charge is 0.411 e. The van der Waals surface area contributed by atoms with Crippen molar-refractivity contribution in [1.29, 1.82) is 0 Å². The number of amides is 1. The first-order chi connectivity index (χ1) is 9.41. The summed E-state index contributed by atoms with van der Waals surface area (Å²) in [4.78, 5) is 11.3. The molecule has 0 unspecified atom stereocenters. The molecule has 0 aliphatic heterocycles. The van der Waals surface area contributed by atoms with E-state index in [4.69, 9.17) is 4.74 Å². The molecule has 1 amide bonds. The van der Waals surface area contributed by atoms with E-state index < -0.39 is 16.1 Å². The number of nitrogens with one attached hydrogen (secondary N) is 1. The number of ether oxygens (including phenoxy) is 1. The van der Waals surface area contributed by atoms with E-state index >= 15 is 0 Å². The summed E-state index contributed by atoms with van der Waals surface area (Å²) in [7, 11) is -3.28. The molecule has 1 aliphatic rings. The second kappa shape index (κ2) is 5.70. The molecule has 6 nitrogen and oxygen atoms in total. The van der Waals surface area contributed by atoms with Gasteiger partial charge >= 0.3 is 6.09 Å². The number of carbonyl (C=O) groups excluding carboxylic acids is 1. The van der Waals surface area contributed by atoms with Crippen LogP contribution < -0.4 is 9.62 Å². The Morgan fingerprint density at radius 3 is 2.40 bits per heavy atom. The third-order valence-corrected chi connectivity index (χ3v) is 4.10. The van der Waals surface area contributed by atoms with Crippen LogP contribution in [0.3, 0.4) is 0 Å². The molecule has 7 heteroatoms. The van der Waals surface area contributed by atoms with Gasteiger partial charge in [0, 0.05) is 11.7 Å². The van der Waals surface area contributed by atoms with Crippen LogP contribution in [-0.4, -0.2) is 33.4 Å². The van der Waals surface area contributed by atoms with Crippen LogP contribution >= 0.6 is 0 Å².